The van der Waals surface area contributed by atoms with E-state index in [0.29, 0.717) is 44.8 Å². The van der Waals surface area contributed by atoms with Crippen LogP contribution in [0.5, 0.6) is 5.75 Å². The zero-order valence-electron chi connectivity index (χ0n) is 19.7. The van der Waals surface area contributed by atoms with E-state index in [1.807, 2.05) is 0 Å². The van der Waals surface area contributed by atoms with Crippen LogP contribution in [0.3, 0.4) is 0 Å². The van der Waals surface area contributed by atoms with E-state index in [1.54, 1.807) is 12.5 Å². The van der Waals surface area contributed by atoms with Gasteiger partial charge in [-0.25, -0.2) is 12.7 Å². The van der Waals surface area contributed by atoms with Gasteiger partial charge in [0.1, 0.15) is 18.3 Å². The molecule has 0 amide bonds. The molecule has 0 atom stereocenters. The minimum absolute atomic E-state index is 0.199. The third kappa shape index (κ3) is 5.66. The predicted molar refractivity (Wildman–Crippen MR) is 129 cm³/mol. The summed E-state index contributed by atoms with van der Waals surface area (Å²) in [5.74, 6) is 1.02. The molecule has 35 heavy (non-hydrogen) atoms. The Kier molecular flexibility index (Phi) is 6.77. The first kappa shape index (κ1) is 23.8. The maximum absolute atomic E-state index is 12.6. The van der Waals surface area contributed by atoms with Crippen LogP contribution in [0.2, 0.25) is 0 Å². The summed E-state index contributed by atoms with van der Waals surface area (Å²) in [5, 5.41) is 3.78. The van der Waals surface area contributed by atoms with Crippen molar-refractivity contribution < 1.29 is 22.1 Å². The molecule has 5 rings (SSSR count). The lowest BCUT2D eigenvalue weighted by Gasteiger charge is -2.30. The Morgan fingerprint density at radius 2 is 1.91 bits per heavy atom. The summed E-state index contributed by atoms with van der Waals surface area (Å²) in [6.07, 6.45) is 8.34. The standard InChI is InChI=1S/C25H29N3O6S/c1-35(30,31)28-8-4-18(5-9-28)15-33-25-17-32-23(11-24(25)29)14-27-7-6-20-10-19(2-3-21(20)13-27)22-12-26-34-16-22/h2-3,10-12,16-18H,4-9,13-15H2,1H3. The number of sulfonamides is 1. The Hall–Kier alpha value is -2.95. The van der Waals surface area contributed by atoms with Crippen LogP contribution in [0.25, 0.3) is 11.1 Å². The average Bonchev–Trinajstić information content (AvgIpc) is 3.38. The largest absolute Gasteiger partial charge is 0.486 e. The number of ether oxygens (including phenoxy) is 1. The maximum atomic E-state index is 12.6. The molecule has 0 N–H and O–H groups in total. The lowest BCUT2D eigenvalue weighted by atomic mass is 9.95. The van der Waals surface area contributed by atoms with E-state index in [-0.39, 0.29) is 17.1 Å². The summed E-state index contributed by atoms with van der Waals surface area (Å²) in [7, 11) is -3.15. The predicted octanol–water partition coefficient (Wildman–Crippen LogP) is 2.90. The fourth-order valence-electron chi connectivity index (χ4n) is 4.74. The second kappa shape index (κ2) is 9.96. The summed E-state index contributed by atoms with van der Waals surface area (Å²) in [6, 6.07) is 7.91. The summed E-state index contributed by atoms with van der Waals surface area (Å²) >= 11 is 0. The van der Waals surface area contributed by atoms with Gasteiger partial charge in [-0.05, 0) is 41.9 Å². The zero-order chi connectivity index (χ0) is 24.4. The molecule has 186 valence electrons. The van der Waals surface area contributed by atoms with Gasteiger partial charge in [-0.2, -0.15) is 0 Å². The van der Waals surface area contributed by atoms with Crippen LogP contribution < -0.4 is 10.2 Å². The number of piperidine rings is 1. The third-order valence-corrected chi connectivity index (χ3v) is 8.12. The van der Waals surface area contributed by atoms with Gasteiger partial charge < -0.3 is 13.7 Å². The molecule has 2 aliphatic rings. The van der Waals surface area contributed by atoms with E-state index >= 15 is 0 Å². The molecule has 0 spiro atoms. The lowest BCUT2D eigenvalue weighted by molar-refractivity contribution is 0.179. The average molecular weight is 500 g/mol. The highest BCUT2D eigenvalue weighted by molar-refractivity contribution is 7.88. The molecule has 9 nitrogen and oxygen atoms in total. The molecule has 10 heteroatoms. The molecule has 2 aromatic heterocycles. The Labute approximate surface area is 204 Å². The van der Waals surface area contributed by atoms with Crippen LogP contribution in [0.4, 0.5) is 0 Å². The van der Waals surface area contributed by atoms with E-state index in [4.69, 9.17) is 13.7 Å². The molecule has 3 aromatic rings. The van der Waals surface area contributed by atoms with Gasteiger partial charge in [0, 0.05) is 37.8 Å². The van der Waals surface area contributed by atoms with Gasteiger partial charge in [0.25, 0.3) is 0 Å². The normalized spacial score (nSPS) is 17.9. The maximum Gasteiger partial charge on any atom is 0.227 e. The Morgan fingerprint density at radius 3 is 2.63 bits per heavy atom. The highest BCUT2D eigenvalue weighted by Crippen LogP contribution is 2.27. The van der Waals surface area contributed by atoms with E-state index in [2.05, 4.69) is 28.3 Å². The van der Waals surface area contributed by atoms with E-state index in [0.717, 1.165) is 30.6 Å². The number of rotatable bonds is 7. The minimum atomic E-state index is -3.15. The smallest absolute Gasteiger partial charge is 0.227 e. The van der Waals surface area contributed by atoms with Crippen molar-refractivity contribution in [2.45, 2.75) is 32.4 Å². The van der Waals surface area contributed by atoms with E-state index < -0.39 is 10.0 Å². The highest BCUT2D eigenvalue weighted by Gasteiger charge is 2.25. The Bertz CT molecular complexity index is 1330. The first-order valence-electron chi connectivity index (χ1n) is 11.8. The van der Waals surface area contributed by atoms with Crippen LogP contribution in [-0.2, 0) is 29.5 Å². The topological polar surface area (TPSA) is 106 Å². The summed E-state index contributed by atoms with van der Waals surface area (Å²) in [5.41, 5.74) is 4.45. The van der Waals surface area contributed by atoms with Crippen molar-refractivity contribution in [3.8, 4) is 16.9 Å². The minimum Gasteiger partial charge on any atom is -0.486 e. The Morgan fingerprint density at radius 1 is 1.09 bits per heavy atom. The van der Waals surface area contributed by atoms with Crippen LogP contribution in [0.15, 0.2) is 56.7 Å². The van der Waals surface area contributed by atoms with Crippen molar-refractivity contribution in [1.82, 2.24) is 14.4 Å². The third-order valence-electron chi connectivity index (χ3n) is 6.81. The molecule has 0 radical (unpaired) electrons. The fraction of sp³-hybridized carbons (Fsp3) is 0.440. The van der Waals surface area contributed by atoms with Gasteiger partial charge in [-0.3, -0.25) is 9.69 Å². The molecule has 1 aromatic carbocycles. The second-order valence-electron chi connectivity index (χ2n) is 9.35. The number of nitrogens with zero attached hydrogens (tertiary/aromatic N) is 3. The van der Waals surface area contributed by atoms with E-state index in [9.17, 15) is 13.2 Å². The van der Waals surface area contributed by atoms with Crippen molar-refractivity contribution in [1.29, 1.82) is 0 Å². The molecular formula is C25H29N3O6S. The van der Waals surface area contributed by atoms with Crippen LogP contribution in [0.1, 0.15) is 29.7 Å². The molecule has 1 saturated heterocycles. The number of hydrogen-bond acceptors (Lipinski definition) is 8. The quantitative estimate of drug-likeness (QED) is 0.489. The number of benzene rings is 1. The molecule has 0 saturated carbocycles. The molecular weight excluding hydrogens is 470 g/mol. The SMILES string of the molecule is CS(=O)(=O)N1CCC(COc2coc(CN3CCc4cc(-c5cnoc5)ccc4C3)cc2=O)CC1. The molecule has 0 unspecified atom stereocenters. The monoisotopic (exact) mass is 499 g/mol. The fourth-order valence-corrected chi connectivity index (χ4v) is 5.61. The van der Waals surface area contributed by atoms with Crippen molar-refractivity contribution in [2.24, 2.45) is 5.92 Å². The molecule has 0 aliphatic carbocycles. The van der Waals surface area contributed by atoms with Crippen LogP contribution in [-0.4, -0.2) is 55.3 Å². The molecule has 1 fully saturated rings. The molecule has 0 bridgehead atoms. The number of fused-ring (bicyclic) bond motifs is 1. The van der Waals surface area contributed by atoms with E-state index in [1.165, 1.54) is 34.0 Å². The van der Waals surface area contributed by atoms with Gasteiger partial charge in [0.05, 0.1) is 25.6 Å². The van der Waals surface area contributed by atoms with Crippen LogP contribution in [0, 0.1) is 5.92 Å². The van der Waals surface area contributed by atoms with Gasteiger partial charge in [-0.1, -0.05) is 23.4 Å². The van der Waals surface area contributed by atoms with Crippen LogP contribution >= 0.6 is 0 Å². The number of aromatic nitrogens is 1. The summed E-state index contributed by atoms with van der Waals surface area (Å²) in [6.45, 7) is 3.55. The first-order chi connectivity index (χ1) is 16.8. The van der Waals surface area contributed by atoms with Crippen molar-refractivity contribution in [3.63, 3.8) is 0 Å². The summed E-state index contributed by atoms with van der Waals surface area (Å²) < 4.78 is 41.2. The van der Waals surface area contributed by atoms with Gasteiger partial charge in [0.15, 0.2) is 0 Å². The molecule has 2 aliphatic heterocycles. The number of hydrogen-bond donors (Lipinski definition) is 0. The van der Waals surface area contributed by atoms with Gasteiger partial charge in [-0.15, -0.1) is 0 Å². The van der Waals surface area contributed by atoms with Gasteiger partial charge >= 0.3 is 0 Å². The first-order valence-corrected chi connectivity index (χ1v) is 13.6. The van der Waals surface area contributed by atoms with Gasteiger partial charge in [0.2, 0.25) is 21.2 Å². The van der Waals surface area contributed by atoms with Crippen molar-refractivity contribution in [2.75, 3.05) is 32.5 Å². The van der Waals surface area contributed by atoms with Crippen molar-refractivity contribution in [3.05, 3.63) is 70.1 Å². The lowest BCUT2D eigenvalue weighted by Crippen LogP contribution is -2.39. The highest BCUT2D eigenvalue weighted by atomic mass is 32.2. The second-order valence-corrected chi connectivity index (χ2v) is 11.3. The zero-order valence-corrected chi connectivity index (χ0v) is 20.5. The Balaban J connectivity index is 1.15. The van der Waals surface area contributed by atoms with Crippen molar-refractivity contribution >= 4 is 10.0 Å². The summed E-state index contributed by atoms with van der Waals surface area (Å²) in [4.78, 5) is 14.8. The molecule has 4 heterocycles.